The summed E-state index contributed by atoms with van der Waals surface area (Å²) >= 11 is 0. The normalized spacial score (nSPS) is 25.2. The summed E-state index contributed by atoms with van der Waals surface area (Å²) < 4.78 is 5.46. The number of ether oxygens (including phenoxy) is 1. The molecule has 0 radical (unpaired) electrons. The first-order valence-corrected chi connectivity index (χ1v) is 9.10. The van der Waals surface area contributed by atoms with E-state index in [2.05, 4.69) is 40.2 Å². The molecular weight excluding hydrogens is 286 g/mol. The average molecular weight is 317 g/mol. The summed E-state index contributed by atoms with van der Waals surface area (Å²) in [6.45, 7) is 9.27. The predicted octanol–water partition coefficient (Wildman–Crippen LogP) is 2.52. The molecule has 128 valence electrons. The summed E-state index contributed by atoms with van der Waals surface area (Å²) in [5.41, 5.74) is 1.39. The van der Waals surface area contributed by atoms with Crippen LogP contribution in [-0.2, 0) is 0 Å². The fourth-order valence-electron chi connectivity index (χ4n) is 3.96. The molecule has 23 heavy (non-hydrogen) atoms. The number of piperidine rings is 1. The van der Waals surface area contributed by atoms with Crippen LogP contribution in [0, 0.1) is 0 Å². The highest BCUT2D eigenvalue weighted by Gasteiger charge is 2.29. The van der Waals surface area contributed by atoms with Crippen molar-refractivity contribution in [2.75, 3.05) is 46.4 Å². The maximum atomic E-state index is 5.46. The predicted molar refractivity (Wildman–Crippen MR) is 95.1 cm³/mol. The van der Waals surface area contributed by atoms with Crippen molar-refractivity contribution < 1.29 is 4.74 Å². The van der Waals surface area contributed by atoms with Crippen molar-refractivity contribution in [3.8, 4) is 5.75 Å². The van der Waals surface area contributed by atoms with Crippen molar-refractivity contribution in [3.05, 3.63) is 29.8 Å². The van der Waals surface area contributed by atoms with Gasteiger partial charge >= 0.3 is 0 Å². The van der Waals surface area contributed by atoms with E-state index in [4.69, 9.17) is 4.74 Å². The summed E-state index contributed by atoms with van der Waals surface area (Å²) in [7, 11) is 1.76. The lowest BCUT2D eigenvalue weighted by Crippen LogP contribution is -2.53. The van der Waals surface area contributed by atoms with Gasteiger partial charge in [0.1, 0.15) is 5.75 Å². The molecule has 0 spiro atoms. The van der Waals surface area contributed by atoms with Crippen LogP contribution in [0.2, 0.25) is 0 Å². The molecular formula is C19H31N3O. The van der Waals surface area contributed by atoms with Crippen LogP contribution >= 0.6 is 0 Å². The van der Waals surface area contributed by atoms with Crippen molar-refractivity contribution in [1.82, 2.24) is 15.1 Å². The van der Waals surface area contributed by atoms with E-state index in [-0.39, 0.29) is 0 Å². The van der Waals surface area contributed by atoms with Gasteiger partial charge < -0.3 is 15.0 Å². The molecule has 1 aromatic carbocycles. The van der Waals surface area contributed by atoms with E-state index in [0.717, 1.165) is 31.9 Å². The van der Waals surface area contributed by atoms with Gasteiger partial charge in [-0.05, 0) is 50.6 Å². The second-order valence-corrected chi connectivity index (χ2v) is 6.94. The maximum Gasteiger partial charge on any atom is 0.119 e. The maximum absolute atomic E-state index is 5.46. The number of hydrogen-bond acceptors (Lipinski definition) is 4. The molecule has 2 unspecified atom stereocenters. The van der Waals surface area contributed by atoms with Crippen molar-refractivity contribution in [2.24, 2.45) is 0 Å². The van der Waals surface area contributed by atoms with Gasteiger partial charge in [-0.2, -0.15) is 0 Å². The van der Waals surface area contributed by atoms with Crippen LogP contribution in [0.1, 0.15) is 37.8 Å². The van der Waals surface area contributed by atoms with Gasteiger partial charge in [0, 0.05) is 38.3 Å². The number of nitrogens with zero attached hydrogens (tertiary/aromatic N) is 2. The second kappa shape index (κ2) is 8.13. The third-order valence-corrected chi connectivity index (χ3v) is 5.31. The zero-order valence-corrected chi connectivity index (χ0v) is 14.6. The molecule has 1 N–H and O–H groups in total. The quantitative estimate of drug-likeness (QED) is 0.903. The van der Waals surface area contributed by atoms with E-state index in [1.54, 1.807) is 7.11 Å². The Kier molecular flexibility index (Phi) is 5.92. The van der Waals surface area contributed by atoms with E-state index in [1.807, 2.05) is 6.07 Å². The molecule has 2 heterocycles. The molecule has 0 aliphatic carbocycles. The lowest BCUT2D eigenvalue weighted by molar-refractivity contribution is 0.0779. The van der Waals surface area contributed by atoms with Gasteiger partial charge in [0.05, 0.1) is 7.11 Å². The Morgan fingerprint density at radius 2 is 2.04 bits per heavy atom. The van der Waals surface area contributed by atoms with Gasteiger partial charge in [-0.1, -0.05) is 18.6 Å². The Labute approximate surface area is 140 Å². The van der Waals surface area contributed by atoms with Gasteiger partial charge in [-0.3, -0.25) is 4.90 Å². The van der Waals surface area contributed by atoms with Crippen LogP contribution in [0.15, 0.2) is 24.3 Å². The molecule has 1 aromatic rings. The van der Waals surface area contributed by atoms with Crippen LogP contribution in [-0.4, -0.2) is 62.2 Å². The number of hydrogen-bond donors (Lipinski definition) is 1. The number of methoxy groups -OCH3 is 1. The lowest BCUT2D eigenvalue weighted by atomic mass is 10.00. The molecule has 2 aliphatic heterocycles. The SMILES string of the molecule is COc1cccc(C(CN2CCCCC2)N2CCNCC2C)c1. The fourth-order valence-corrected chi connectivity index (χ4v) is 3.96. The Bertz CT molecular complexity index is 487. The zero-order valence-electron chi connectivity index (χ0n) is 14.6. The Hall–Kier alpha value is -1.10. The number of likely N-dealkylation sites (tertiary alicyclic amines) is 1. The van der Waals surface area contributed by atoms with Crippen molar-refractivity contribution in [1.29, 1.82) is 0 Å². The number of piperazine rings is 1. The Morgan fingerprint density at radius 1 is 1.22 bits per heavy atom. The van der Waals surface area contributed by atoms with Gasteiger partial charge in [0.25, 0.3) is 0 Å². The number of benzene rings is 1. The summed E-state index contributed by atoms with van der Waals surface area (Å²) in [6, 6.07) is 9.70. The third-order valence-electron chi connectivity index (χ3n) is 5.31. The fraction of sp³-hybridized carbons (Fsp3) is 0.684. The van der Waals surface area contributed by atoms with Crippen LogP contribution in [0.25, 0.3) is 0 Å². The first-order chi connectivity index (χ1) is 11.3. The minimum absolute atomic E-state index is 0.459. The average Bonchev–Trinajstić information content (AvgIpc) is 2.61. The van der Waals surface area contributed by atoms with Crippen LogP contribution in [0.5, 0.6) is 5.75 Å². The molecule has 2 atom stereocenters. The topological polar surface area (TPSA) is 27.7 Å². The minimum Gasteiger partial charge on any atom is -0.497 e. The molecule has 2 saturated heterocycles. The smallest absolute Gasteiger partial charge is 0.119 e. The van der Waals surface area contributed by atoms with Gasteiger partial charge in [0.2, 0.25) is 0 Å². The molecule has 0 amide bonds. The summed E-state index contributed by atoms with van der Waals surface area (Å²) in [5.74, 6) is 0.967. The van der Waals surface area contributed by atoms with Crippen molar-refractivity contribution in [3.63, 3.8) is 0 Å². The molecule has 2 fully saturated rings. The molecule has 0 saturated carbocycles. The molecule has 4 heteroatoms. The van der Waals surface area contributed by atoms with E-state index in [0.29, 0.717) is 12.1 Å². The molecule has 4 nitrogen and oxygen atoms in total. The first kappa shape index (κ1) is 16.7. The molecule has 0 aromatic heterocycles. The second-order valence-electron chi connectivity index (χ2n) is 6.94. The van der Waals surface area contributed by atoms with Crippen LogP contribution in [0.4, 0.5) is 0 Å². The summed E-state index contributed by atoms with van der Waals surface area (Å²) in [5, 5.41) is 3.52. The highest BCUT2D eigenvalue weighted by Crippen LogP contribution is 2.28. The molecule has 0 bridgehead atoms. The van der Waals surface area contributed by atoms with Gasteiger partial charge in [0.15, 0.2) is 0 Å². The highest BCUT2D eigenvalue weighted by atomic mass is 16.5. The van der Waals surface area contributed by atoms with E-state index in [1.165, 1.54) is 37.9 Å². The number of rotatable bonds is 5. The zero-order chi connectivity index (χ0) is 16.1. The summed E-state index contributed by atoms with van der Waals surface area (Å²) in [6.07, 6.45) is 4.09. The monoisotopic (exact) mass is 317 g/mol. The highest BCUT2D eigenvalue weighted by molar-refractivity contribution is 5.31. The standard InChI is InChI=1S/C19H31N3O/c1-16-14-20-9-12-22(16)19(15-21-10-4-3-5-11-21)17-7-6-8-18(13-17)23-2/h6-8,13,16,19-20H,3-5,9-12,14-15H2,1-2H3. The van der Waals surface area contributed by atoms with E-state index in [9.17, 15) is 0 Å². The van der Waals surface area contributed by atoms with Gasteiger partial charge in [-0.15, -0.1) is 0 Å². The molecule has 3 rings (SSSR count). The third kappa shape index (κ3) is 4.25. The van der Waals surface area contributed by atoms with Crippen LogP contribution in [0.3, 0.4) is 0 Å². The van der Waals surface area contributed by atoms with E-state index < -0.39 is 0 Å². The van der Waals surface area contributed by atoms with Crippen molar-refractivity contribution in [2.45, 2.75) is 38.3 Å². The van der Waals surface area contributed by atoms with Gasteiger partial charge in [-0.25, -0.2) is 0 Å². The Morgan fingerprint density at radius 3 is 2.78 bits per heavy atom. The minimum atomic E-state index is 0.459. The lowest BCUT2D eigenvalue weighted by Gasteiger charge is -2.42. The largest absolute Gasteiger partial charge is 0.497 e. The molecule has 2 aliphatic rings. The Balaban J connectivity index is 1.81. The summed E-state index contributed by atoms with van der Waals surface area (Å²) in [4.78, 5) is 5.34. The van der Waals surface area contributed by atoms with E-state index >= 15 is 0 Å². The first-order valence-electron chi connectivity index (χ1n) is 9.10. The van der Waals surface area contributed by atoms with Crippen molar-refractivity contribution >= 4 is 0 Å². The number of nitrogens with one attached hydrogen (secondary N) is 1. The van der Waals surface area contributed by atoms with Crippen LogP contribution < -0.4 is 10.1 Å².